The summed E-state index contributed by atoms with van der Waals surface area (Å²) in [6.45, 7) is 4.34. The van der Waals surface area contributed by atoms with Crippen LogP contribution in [-0.2, 0) is 4.79 Å². The van der Waals surface area contributed by atoms with Crippen LogP contribution >= 0.6 is 11.3 Å². The second-order valence-corrected chi connectivity index (χ2v) is 7.69. The largest absolute Gasteiger partial charge is 0.347 e. The molecule has 1 aromatic carbocycles. The summed E-state index contributed by atoms with van der Waals surface area (Å²) in [6, 6.07) is 10.6. The van der Waals surface area contributed by atoms with Gasteiger partial charge in [-0.15, -0.1) is 0 Å². The van der Waals surface area contributed by atoms with Gasteiger partial charge in [0.15, 0.2) is 0 Å². The predicted molar refractivity (Wildman–Crippen MR) is 102 cm³/mol. The first-order valence-electron chi connectivity index (χ1n) is 9.04. The van der Waals surface area contributed by atoms with Gasteiger partial charge in [0.05, 0.1) is 24.5 Å². The highest BCUT2D eigenvalue weighted by molar-refractivity contribution is 7.14. The molecule has 1 amide bonds. The number of piperidine rings is 1. The molecule has 1 atom stereocenters. The van der Waals surface area contributed by atoms with Crippen LogP contribution in [0.2, 0.25) is 0 Å². The maximum atomic E-state index is 12.4. The van der Waals surface area contributed by atoms with E-state index in [0.29, 0.717) is 12.5 Å². The predicted octanol–water partition coefficient (Wildman–Crippen LogP) is 2.85. The van der Waals surface area contributed by atoms with Crippen molar-refractivity contribution < 1.29 is 4.79 Å². The molecule has 3 aromatic rings. The van der Waals surface area contributed by atoms with Crippen molar-refractivity contribution in [2.24, 2.45) is 0 Å². The number of nitrogens with one attached hydrogen (secondary N) is 1. The van der Waals surface area contributed by atoms with Crippen molar-refractivity contribution in [1.82, 2.24) is 24.8 Å². The van der Waals surface area contributed by atoms with Crippen LogP contribution in [-0.4, -0.2) is 45.0 Å². The maximum Gasteiger partial charge on any atom is 0.234 e. The number of fused-ring (bicyclic) bond motifs is 1. The highest BCUT2D eigenvalue weighted by Gasteiger charge is 2.22. The minimum Gasteiger partial charge on any atom is -0.347 e. The Kier molecular flexibility index (Phi) is 4.99. The molecule has 0 bridgehead atoms. The quantitative estimate of drug-likeness (QED) is 0.751. The summed E-state index contributed by atoms with van der Waals surface area (Å²) in [5.74, 6) is 0.667. The lowest BCUT2D eigenvalue weighted by Gasteiger charge is -2.31. The van der Waals surface area contributed by atoms with Gasteiger partial charge in [-0.25, -0.2) is 9.50 Å². The van der Waals surface area contributed by atoms with Gasteiger partial charge in [-0.05, 0) is 44.3 Å². The number of aromatic nitrogens is 3. The van der Waals surface area contributed by atoms with E-state index >= 15 is 0 Å². The molecule has 0 unspecified atom stereocenters. The first-order valence-corrected chi connectivity index (χ1v) is 9.92. The average Bonchev–Trinajstić information content (AvgIpc) is 3.25. The molecule has 6 nitrogen and oxygen atoms in total. The third-order valence-electron chi connectivity index (χ3n) is 5.05. The summed E-state index contributed by atoms with van der Waals surface area (Å²) < 4.78 is 1.75. The zero-order valence-corrected chi connectivity index (χ0v) is 15.7. The second-order valence-electron chi connectivity index (χ2n) is 6.88. The number of hydrogen-bond acceptors (Lipinski definition) is 5. The summed E-state index contributed by atoms with van der Waals surface area (Å²) in [6.07, 6.45) is 4.09. The van der Waals surface area contributed by atoms with E-state index in [9.17, 15) is 4.79 Å². The molecule has 3 heterocycles. The minimum atomic E-state index is -0.113. The van der Waals surface area contributed by atoms with Gasteiger partial charge in [-0.2, -0.15) is 5.10 Å². The second kappa shape index (κ2) is 7.55. The molecule has 1 aliphatic rings. The van der Waals surface area contributed by atoms with E-state index in [-0.39, 0.29) is 11.9 Å². The topological polar surface area (TPSA) is 62.5 Å². The Balaban J connectivity index is 1.27. The molecule has 7 heteroatoms. The van der Waals surface area contributed by atoms with E-state index in [1.54, 1.807) is 10.0 Å². The molecule has 26 heavy (non-hydrogen) atoms. The summed E-state index contributed by atoms with van der Waals surface area (Å²) in [5, 5.41) is 7.24. The Morgan fingerprint density at radius 2 is 2.08 bits per heavy atom. The summed E-state index contributed by atoms with van der Waals surface area (Å²) in [5.41, 5.74) is 4.02. The van der Waals surface area contributed by atoms with E-state index < -0.39 is 0 Å². The van der Waals surface area contributed by atoms with Crippen molar-refractivity contribution in [3.8, 4) is 0 Å². The van der Waals surface area contributed by atoms with Gasteiger partial charge in [0.2, 0.25) is 10.9 Å². The van der Waals surface area contributed by atoms with Gasteiger partial charge in [0, 0.05) is 0 Å². The van der Waals surface area contributed by atoms with Crippen LogP contribution < -0.4 is 5.32 Å². The van der Waals surface area contributed by atoms with Crippen molar-refractivity contribution >= 4 is 22.2 Å². The number of rotatable bonds is 5. The fourth-order valence-corrected chi connectivity index (χ4v) is 4.19. The van der Waals surface area contributed by atoms with Gasteiger partial charge < -0.3 is 5.32 Å². The SMILES string of the molecule is C[C@H](NC(=O)CN1CCC(c2ccccc2)CC1)c1cn2ncsc2n1. The molecule has 0 spiro atoms. The molecule has 0 saturated carbocycles. The Morgan fingerprint density at radius 3 is 2.81 bits per heavy atom. The first kappa shape index (κ1) is 17.2. The number of carbonyl (C=O) groups is 1. The Labute approximate surface area is 156 Å². The van der Waals surface area contributed by atoms with Crippen LogP contribution in [0.5, 0.6) is 0 Å². The van der Waals surface area contributed by atoms with Crippen molar-refractivity contribution in [1.29, 1.82) is 0 Å². The van der Waals surface area contributed by atoms with Crippen molar-refractivity contribution in [2.75, 3.05) is 19.6 Å². The van der Waals surface area contributed by atoms with E-state index in [2.05, 4.69) is 50.6 Å². The zero-order chi connectivity index (χ0) is 17.9. The van der Waals surface area contributed by atoms with E-state index in [1.165, 1.54) is 16.9 Å². The summed E-state index contributed by atoms with van der Waals surface area (Å²) in [7, 11) is 0. The molecule has 1 saturated heterocycles. The number of amides is 1. The Morgan fingerprint density at radius 1 is 1.31 bits per heavy atom. The van der Waals surface area contributed by atoms with E-state index in [4.69, 9.17) is 0 Å². The maximum absolute atomic E-state index is 12.4. The first-order chi connectivity index (χ1) is 12.7. The standard InChI is InChI=1S/C19H23N5OS/c1-14(17-11-24-19(22-17)26-13-20-24)21-18(25)12-23-9-7-16(8-10-23)15-5-3-2-4-6-15/h2-6,11,13-14,16H,7-10,12H2,1H3,(H,21,25)/t14-/m0/s1. The molecular formula is C19H23N5OS. The van der Waals surface area contributed by atoms with Crippen molar-refractivity contribution in [3.05, 3.63) is 53.3 Å². The van der Waals surface area contributed by atoms with Gasteiger partial charge in [-0.1, -0.05) is 41.7 Å². The van der Waals surface area contributed by atoms with Crippen LogP contribution in [0.1, 0.15) is 43.0 Å². The van der Waals surface area contributed by atoms with Crippen LogP contribution in [0.4, 0.5) is 0 Å². The molecule has 0 aliphatic carbocycles. The Hall–Kier alpha value is -2.25. The molecule has 1 fully saturated rings. The average molecular weight is 369 g/mol. The number of carbonyl (C=O) groups excluding carboxylic acids is 1. The number of nitrogens with zero attached hydrogens (tertiary/aromatic N) is 4. The number of hydrogen-bond donors (Lipinski definition) is 1. The minimum absolute atomic E-state index is 0.0555. The fourth-order valence-electron chi connectivity index (χ4n) is 3.58. The highest BCUT2D eigenvalue weighted by atomic mass is 32.1. The summed E-state index contributed by atoms with van der Waals surface area (Å²) in [4.78, 5) is 20.0. The third kappa shape index (κ3) is 3.78. The fraction of sp³-hybridized carbons (Fsp3) is 0.421. The Bertz CT molecular complexity index is 838. The molecule has 0 radical (unpaired) electrons. The molecule has 2 aromatic heterocycles. The van der Waals surface area contributed by atoms with Crippen molar-refractivity contribution in [3.63, 3.8) is 0 Å². The zero-order valence-electron chi connectivity index (χ0n) is 14.8. The lowest BCUT2D eigenvalue weighted by atomic mass is 9.89. The van der Waals surface area contributed by atoms with Crippen LogP contribution in [0.15, 0.2) is 42.0 Å². The number of likely N-dealkylation sites (tertiary alicyclic amines) is 1. The normalized spacial score (nSPS) is 17.4. The van der Waals surface area contributed by atoms with Gasteiger partial charge in [0.25, 0.3) is 0 Å². The molecular weight excluding hydrogens is 346 g/mol. The van der Waals surface area contributed by atoms with Crippen molar-refractivity contribution in [2.45, 2.75) is 31.7 Å². The van der Waals surface area contributed by atoms with Gasteiger partial charge in [-0.3, -0.25) is 9.69 Å². The third-order valence-corrected chi connectivity index (χ3v) is 5.74. The monoisotopic (exact) mass is 369 g/mol. The van der Waals surface area contributed by atoms with Gasteiger partial charge in [0.1, 0.15) is 5.51 Å². The molecule has 1 aliphatic heterocycles. The lowest BCUT2D eigenvalue weighted by Crippen LogP contribution is -2.41. The lowest BCUT2D eigenvalue weighted by molar-refractivity contribution is -0.123. The number of imidazole rings is 1. The highest BCUT2D eigenvalue weighted by Crippen LogP contribution is 2.27. The van der Waals surface area contributed by atoms with E-state index in [1.807, 2.05) is 13.1 Å². The van der Waals surface area contributed by atoms with E-state index in [0.717, 1.165) is 36.6 Å². The van der Waals surface area contributed by atoms with Gasteiger partial charge >= 0.3 is 0 Å². The smallest absolute Gasteiger partial charge is 0.234 e. The molecule has 4 rings (SSSR count). The van der Waals surface area contributed by atoms with Crippen LogP contribution in [0, 0.1) is 0 Å². The van der Waals surface area contributed by atoms with Crippen LogP contribution in [0.25, 0.3) is 4.96 Å². The van der Waals surface area contributed by atoms with Crippen LogP contribution in [0.3, 0.4) is 0 Å². The number of benzene rings is 1. The summed E-state index contributed by atoms with van der Waals surface area (Å²) >= 11 is 1.49. The molecule has 136 valence electrons. The molecule has 1 N–H and O–H groups in total.